The molecule has 0 radical (unpaired) electrons. The van der Waals surface area contributed by atoms with Gasteiger partial charge in [-0.3, -0.25) is 4.79 Å². The molecule has 116 valence electrons. The summed E-state index contributed by atoms with van der Waals surface area (Å²) in [6.45, 7) is 5.19. The summed E-state index contributed by atoms with van der Waals surface area (Å²) in [4.78, 5) is 13.8. The predicted octanol–water partition coefficient (Wildman–Crippen LogP) is 2.58. The molecule has 4 N–H and O–H groups in total. The first kappa shape index (κ1) is 15.8. The maximum Gasteiger partial charge on any atom is 0.248 e. The maximum atomic E-state index is 11.4. The van der Waals surface area contributed by atoms with E-state index in [4.69, 9.17) is 11.5 Å². The molecule has 1 saturated carbocycles. The molecule has 1 aromatic rings. The second-order valence-corrected chi connectivity index (χ2v) is 6.13. The van der Waals surface area contributed by atoms with Crippen LogP contribution in [0.5, 0.6) is 0 Å². The van der Waals surface area contributed by atoms with E-state index >= 15 is 0 Å². The van der Waals surface area contributed by atoms with Crippen molar-refractivity contribution in [3.05, 3.63) is 29.3 Å². The first-order valence-electron chi connectivity index (χ1n) is 7.95. The van der Waals surface area contributed by atoms with Gasteiger partial charge in [-0.25, -0.2) is 0 Å². The maximum absolute atomic E-state index is 11.4. The van der Waals surface area contributed by atoms with Gasteiger partial charge in [0.1, 0.15) is 0 Å². The monoisotopic (exact) mass is 289 g/mol. The second-order valence-electron chi connectivity index (χ2n) is 6.13. The lowest BCUT2D eigenvalue weighted by molar-refractivity contribution is 0.0999. The summed E-state index contributed by atoms with van der Waals surface area (Å²) in [6.07, 6.45) is 5.61. The first-order valence-corrected chi connectivity index (χ1v) is 7.95. The fourth-order valence-corrected chi connectivity index (χ4v) is 3.28. The minimum atomic E-state index is -0.357. The molecule has 0 bridgehead atoms. The molecule has 4 nitrogen and oxygen atoms in total. The number of hydrogen-bond acceptors (Lipinski definition) is 3. The highest BCUT2D eigenvalue weighted by molar-refractivity contribution is 5.94. The Hall–Kier alpha value is -1.55. The summed E-state index contributed by atoms with van der Waals surface area (Å²) >= 11 is 0. The highest BCUT2D eigenvalue weighted by Gasteiger charge is 2.24. The minimum Gasteiger partial charge on any atom is -0.369 e. The molecule has 0 atom stereocenters. The van der Waals surface area contributed by atoms with Crippen LogP contribution in [0.2, 0.25) is 0 Å². The van der Waals surface area contributed by atoms with Crippen LogP contribution >= 0.6 is 0 Å². The van der Waals surface area contributed by atoms with Crippen LogP contribution < -0.4 is 16.4 Å². The predicted molar refractivity (Wildman–Crippen MR) is 87.6 cm³/mol. The van der Waals surface area contributed by atoms with Crippen molar-refractivity contribution in [1.29, 1.82) is 0 Å². The summed E-state index contributed by atoms with van der Waals surface area (Å²) in [5.74, 6) is -0.357. The van der Waals surface area contributed by atoms with E-state index in [9.17, 15) is 4.79 Å². The number of carbonyl (C=O) groups excluding carboxylic acids is 1. The van der Waals surface area contributed by atoms with Crippen LogP contribution in [0.25, 0.3) is 0 Å². The van der Waals surface area contributed by atoms with E-state index < -0.39 is 0 Å². The normalized spacial score (nSPS) is 22.0. The fraction of sp³-hybridized carbons (Fsp3) is 0.588. The lowest BCUT2D eigenvalue weighted by atomic mass is 9.90. The average molecular weight is 289 g/mol. The molecule has 1 fully saturated rings. The van der Waals surface area contributed by atoms with E-state index in [1.807, 2.05) is 19.1 Å². The number of nitrogens with two attached hydrogens (primary N) is 2. The zero-order valence-electron chi connectivity index (χ0n) is 13.1. The summed E-state index contributed by atoms with van der Waals surface area (Å²) in [5.41, 5.74) is 14.2. The number of nitrogens with zero attached hydrogens (tertiary/aromatic N) is 1. The molecule has 2 rings (SSSR count). The van der Waals surface area contributed by atoms with E-state index in [1.165, 1.54) is 5.69 Å². The molecule has 0 heterocycles. The van der Waals surface area contributed by atoms with Crippen molar-refractivity contribution in [2.75, 3.05) is 11.4 Å². The molecule has 1 aliphatic carbocycles. The van der Waals surface area contributed by atoms with Gasteiger partial charge in [0, 0.05) is 29.9 Å². The van der Waals surface area contributed by atoms with Crippen molar-refractivity contribution in [1.82, 2.24) is 0 Å². The van der Waals surface area contributed by atoms with Gasteiger partial charge in [-0.1, -0.05) is 6.92 Å². The fourth-order valence-electron chi connectivity index (χ4n) is 3.28. The number of carbonyl (C=O) groups is 1. The SMILES string of the molecule is CCCN(c1ccc(C(N)=O)c(C)c1)C1CCC(N)CC1. The average Bonchev–Trinajstić information content (AvgIpc) is 2.45. The van der Waals surface area contributed by atoms with E-state index in [-0.39, 0.29) is 5.91 Å². The Bertz CT molecular complexity index is 493. The van der Waals surface area contributed by atoms with Gasteiger partial charge in [0.05, 0.1) is 0 Å². The van der Waals surface area contributed by atoms with Gasteiger partial charge < -0.3 is 16.4 Å². The molecule has 0 unspecified atom stereocenters. The third kappa shape index (κ3) is 3.76. The Morgan fingerprint density at radius 3 is 2.48 bits per heavy atom. The summed E-state index contributed by atoms with van der Waals surface area (Å²) in [7, 11) is 0. The van der Waals surface area contributed by atoms with Crippen molar-refractivity contribution in [2.24, 2.45) is 11.5 Å². The van der Waals surface area contributed by atoms with Crippen LogP contribution in [-0.4, -0.2) is 24.5 Å². The highest BCUT2D eigenvalue weighted by Crippen LogP contribution is 2.28. The summed E-state index contributed by atoms with van der Waals surface area (Å²) in [6, 6.07) is 6.89. The van der Waals surface area contributed by atoms with Gasteiger partial charge in [0.25, 0.3) is 0 Å². The topological polar surface area (TPSA) is 72.3 Å². The van der Waals surface area contributed by atoms with Gasteiger partial charge in [-0.15, -0.1) is 0 Å². The number of benzene rings is 1. The third-order valence-corrected chi connectivity index (χ3v) is 4.45. The van der Waals surface area contributed by atoms with E-state index in [0.29, 0.717) is 17.6 Å². The second kappa shape index (κ2) is 6.94. The third-order valence-electron chi connectivity index (χ3n) is 4.45. The number of amides is 1. The standard InChI is InChI=1S/C17H27N3O/c1-3-10-20(14-6-4-13(18)5-7-14)15-8-9-16(17(19)21)12(2)11-15/h8-9,11,13-14H,3-7,10,18H2,1-2H3,(H2,19,21). The van der Waals surface area contributed by atoms with Crippen molar-refractivity contribution in [2.45, 2.75) is 58.0 Å². The Balaban J connectivity index is 2.21. The highest BCUT2D eigenvalue weighted by atomic mass is 16.1. The smallest absolute Gasteiger partial charge is 0.248 e. The number of rotatable bonds is 5. The minimum absolute atomic E-state index is 0.357. The van der Waals surface area contributed by atoms with Crippen LogP contribution in [-0.2, 0) is 0 Å². The van der Waals surface area contributed by atoms with Crippen LogP contribution in [0, 0.1) is 6.92 Å². The Kier molecular flexibility index (Phi) is 5.23. The van der Waals surface area contributed by atoms with Gasteiger partial charge in [0.15, 0.2) is 0 Å². The molecule has 1 aromatic carbocycles. The molecular formula is C17H27N3O. The van der Waals surface area contributed by atoms with E-state index in [0.717, 1.165) is 44.2 Å². The lowest BCUT2D eigenvalue weighted by Gasteiger charge is -2.38. The molecule has 0 aromatic heterocycles. The number of anilines is 1. The van der Waals surface area contributed by atoms with E-state index in [1.54, 1.807) is 0 Å². The zero-order valence-corrected chi connectivity index (χ0v) is 13.1. The van der Waals surface area contributed by atoms with Crippen molar-refractivity contribution in [3.63, 3.8) is 0 Å². The molecule has 0 spiro atoms. The number of hydrogen-bond donors (Lipinski definition) is 2. The first-order chi connectivity index (χ1) is 10.0. The van der Waals surface area contributed by atoms with Crippen molar-refractivity contribution < 1.29 is 4.79 Å². The van der Waals surface area contributed by atoms with Gasteiger partial charge in [0.2, 0.25) is 5.91 Å². The zero-order chi connectivity index (χ0) is 15.4. The molecule has 0 aliphatic heterocycles. The van der Waals surface area contributed by atoms with Gasteiger partial charge >= 0.3 is 0 Å². The molecular weight excluding hydrogens is 262 g/mol. The molecule has 1 amide bonds. The van der Waals surface area contributed by atoms with Crippen LogP contribution in [0.4, 0.5) is 5.69 Å². The Labute approximate surface area is 127 Å². The lowest BCUT2D eigenvalue weighted by Crippen LogP contribution is -2.41. The largest absolute Gasteiger partial charge is 0.369 e. The van der Waals surface area contributed by atoms with Crippen LogP contribution in [0.3, 0.4) is 0 Å². The van der Waals surface area contributed by atoms with Gasteiger partial charge in [-0.2, -0.15) is 0 Å². The number of primary amides is 1. The van der Waals surface area contributed by atoms with Crippen molar-refractivity contribution >= 4 is 11.6 Å². The van der Waals surface area contributed by atoms with E-state index in [2.05, 4.69) is 17.9 Å². The van der Waals surface area contributed by atoms with Crippen LogP contribution in [0.1, 0.15) is 54.9 Å². The number of aryl methyl sites for hydroxylation is 1. The quantitative estimate of drug-likeness (QED) is 0.875. The molecule has 0 saturated heterocycles. The summed E-state index contributed by atoms with van der Waals surface area (Å²) in [5, 5.41) is 0. The molecule has 21 heavy (non-hydrogen) atoms. The molecule has 1 aliphatic rings. The Morgan fingerprint density at radius 1 is 1.29 bits per heavy atom. The van der Waals surface area contributed by atoms with Gasteiger partial charge in [-0.05, 0) is 62.8 Å². The summed E-state index contributed by atoms with van der Waals surface area (Å²) < 4.78 is 0. The molecule has 4 heteroatoms. The Morgan fingerprint density at radius 2 is 1.95 bits per heavy atom. The van der Waals surface area contributed by atoms with Crippen LogP contribution in [0.15, 0.2) is 18.2 Å². The van der Waals surface area contributed by atoms with Crippen molar-refractivity contribution in [3.8, 4) is 0 Å².